The zero-order valence-electron chi connectivity index (χ0n) is 10.9. The molecular formula is C16H18N2. The molecule has 0 saturated heterocycles. The smallest absolute Gasteiger partial charge is 0.140 e. The number of benzene rings is 1. The van der Waals surface area contributed by atoms with Crippen LogP contribution in [0.2, 0.25) is 0 Å². The van der Waals surface area contributed by atoms with Crippen molar-refractivity contribution < 1.29 is 0 Å². The van der Waals surface area contributed by atoms with Crippen molar-refractivity contribution >= 4 is 16.6 Å². The lowest BCUT2D eigenvalue weighted by Crippen LogP contribution is -1.94. The van der Waals surface area contributed by atoms with E-state index in [2.05, 4.69) is 35.2 Å². The molecule has 1 aromatic carbocycles. The molecule has 0 bridgehead atoms. The topological polar surface area (TPSA) is 17.8 Å². The zero-order valence-corrected chi connectivity index (χ0v) is 10.9. The Morgan fingerprint density at radius 2 is 2.11 bits per heavy atom. The molecule has 0 N–H and O–H groups in total. The van der Waals surface area contributed by atoms with Crippen molar-refractivity contribution in [1.82, 2.24) is 9.55 Å². The molecule has 0 radical (unpaired) electrons. The number of nitrogens with zero attached hydrogens (tertiary/aromatic N) is 2. The molecule has 0 spiro atoms. The summed E-state index contributed by atoms with van der Waals surface area (Å²) in [7, 11) is 2.02. The monoisotopic (exact) mass is 238 g/mol. The first kappa shape index (κ1) is 12.4. The quantitative estimate of drug-likeness (QED) is 0.733. The van der Waals surface area contributed by atoms with Gasteiger partial charge in [-0.2, -0.15) is 0 Å². The highest BCUT2D eigenvalue weighted by atomic mass is 15.1. The minimum atomic E-state index is 0.914. The molecule has 2 heteroatoms. The van der Waals surface area contributed by atoms with Crippen molar-refractivity contribution in [3.63, 3.8) is 0 Å². The van der Waals surface area contributed by atoms with E-state index in [0.717, 1.165) is 28.9 Å². The number of rotatable bonds is 4. The largest absolute Gasteiger partial charge is 0.327 e. The summed E-state index contributed by atoms with van der Waals surface area (Å²) >= 11 is 0. The molecule has 0 aliphatic carbocycles. The standard InChI is InChI=1S/C16H18N2/c1-4-5-6-7-10-13(2)16-17-14-11-8-9-12-15(14)18(16)3/h5-12H,2,4H2,1,3H3/b6-5-,10-7-. The maximum Gasteiger partial charge on any atom is 0.140 e. The highest BCUT2D eigenvalue weighted by Crippen LogP contribution is 2.19. The number of allylic oxidation sites excluding steroid dienone is 5. The molecular weight excluding hydrogens is 220 g/mol. The first-order valence-electron chi connectivity index (χ1n) is 6.18. The molecule has 1 aromatic heterocycles. The number of imidazole rings is 1. The summed E-state index contributed by atoms with van der Waals surface area (Å²) < 4.78 is 2.07. The van der Waals surface area contributed by atoms with Crippen molar-refractivity contribution in [2.45, 2.75) is 13.3 Å². The van der Waals surface area contributed by atoms with Crippen LogP contribution in [0, 0.1) is 0 Å². The predicted molar refractivity (Wildman–Crippen MR) is 78.3 cm³/mol. The van der Waals surface area contributed by atoms with Crippen molar-refractivity contribution in [2.24, 2.45) is 7.05 Å². The van der Waals surface area contributed by atoms with Crippen LogP contribution in [0.4, 0.5) is 0 Å². The van der Waals surface area contributed by atoms with Gasteiger partial charge in [0.2, 0.25) is 0 Å². The summed E-state index contributed by atoms with van der Waals surface area (Å²) in [5.74, 6) is 0.914. The summed E-state index contributed by atoms with van der Waals surface area (Å²) in [6.45, 7) is 6.19. The van der Waals surface area contributed by atoms with Gasteiger partial charge in [0.25, 0.3) is 0 Å². The average molecular weight is 238 g/mol. The Balaban J connectivity index is 2.31. The number of fused-ring (bicyclic) bond motifs is 1. The predicted octanol–water partition coefficient (Wildman–Crippen LogP) is 4.11. The lowest BCUT2D eigenvalue weighted by atomic mass is 10.2. The van der Waals surface area contributed by atoms with Crippen LogP contribution in [0.1, 0.15) is 19.2 Å². The minimum Gasteiger partial charge on any atom is -0.327 e. The summed E-state index contributed by atoms with van der Waals surface area (Å²) in [5.41, 5.74) is 3.06. The van der Waals surface area contributed by atoms with E-state index < -0.39 is 0 Å². The van der Waals surface area contributed by atoms with Gasteiger partial charge in [0.05, 0.1) is 11.0 Å². The van der Waals surface area contributed by atoms with Gasteiger partial charge >= 0.3 is 0 Å². The van der Waals surface area contributed by atoms with Crippen LogP contribution < -0.4 is 0 Å². The summed E-state index contributed by atoms with van der Waals surface area (Å²) in [4.78, 5) is 4.60. The van der Waals surface area contributed by atoms with Crippen molar-refractivity contribution in [1.29, 1.82) is 0 Å². The molecule has 0 unspecified atom stereocenters. The molecule has 0 amide bonds. The molecule has 2 rings (SSSR count). The molecule has 0 saturated carbocycles. The lowest BCUT2D eigenvalue weighted by Gasteiger charge is -2.00. The van der Waals surface area contributed by atoms with Gasteiger partial charge in [-0.05, 0) is 18.6 Å². The van der Waals surface area contributed by atoms with Gasteiger partial charge in [-0.15, -0.1) is 0 Å². The maximum absolute atomic E-state index is 4.60. The fourth-order valence-electron chi connectivity index (χ4n) is 1.89. The Kier molecular flexibility index (Phi) is 3.78. The SMILES string of the molecule is C=C(/C=C\C=C/CC)c1nc2ccccc2n1C. The first-order chi connectivity index (χ1) is 8.74. The Bertz CT molecular complexity index is 615. The summed E-state index contributed by atoms with van der Waals surface area (Å²) in [5, 5.41) is 0. The van der Waals surface area contributed by atoms with Crippen LogP contribution in [0.3, 0.4) is 0 Å². The fraction of sp³-hybridized carbons (Fsp3) is 0.188. The molecule has 18 heavy (non-hydrogen) atoms. The first-order valence-corrected chi connectivity index (χ1v) is 6.18. The third-order valence-corrected chi connectivity index (χ3v) is 2.85. The number of hydrogen-bond acceptors (Lipinski definition) is 1. The van der Waals surface area contributed by atoms with Gasteiger partial charge in [0.15, 0.2) is 0 Å². The molecule has 2 nitrogen and oxygen atoms in total. The Hall–Kier alpha value is -2.09. The highest BCUT2D eigenvalue weighted by Gasteiger charge is 2.07. The van der Waals surface area contributed by atoms with Gasteiger partial charge < -0.3 is 4.57 Å². The van der Waals surface area contributed by atoms with Crippen LogP contribution in [-0.4, -0.2) is 9.55 Å². The summed E-state index contributed by atoms with van der Waals surface area (Å²) in [6, 6.07) is 8.12. The van der Waals surface area contributed by atoms with E-state index in [1.807, 2.05) is 43.5 Å². The van der Waals surface area contributed by atoms with Crippen LogP contribution in [-0.2, 0) is 7.05 Å². The van der Waals surface area contributed by atoms with Gasteiger partial charge in [-0.25, -0.2) is 4.98 Å². The number of hydrogen-bond donors (Lipinski definition) is 0. The fourth-order valence-corrected chi connectivity index (χ4v) is 1.89. The third-order valence-electron chi connectivity index (χ3n) is 2.85. The van der Waals surface area contributed by atoms with E-state index in [0.29, 0.717) is 0 Å². The molecule has 2 aromatic rings. The van der Waals surface area contributed by atoms with Crippen LogP contribution in [0.25, 0.3) is 16.6 Å². The van der Waals surface area contributed by atoms with Gasteiger partial charge in [-0.1, -0.05) is 49.9 Å². The van der Waals surface area contributed by atoms with Crippen LogP contribution in [0.15, 0.2) is 55.1 Å². The number of para-hydroxylation sites is 2. The lowest BCUT2D eigenvalue weighted by molar-refractivity contribution is 0.924. The number of aromatic nitrogens is 2. The van der Waals surface area contributed by atoms with Crippen molar-refractivity contribution in [2.75, 3.05) is 0 Å². The number of aryl methyl sites for hydroxylation is 1. The Labute approximate surface area is 108 Å². The van der Waals surface area contributed by atoms with Crippen molar-refractivity contribution in [3.05, 3.63) is 61.0 Å². The Morgan fingerprint density at radius 3 is 2.83 bits per heavy atom. The second-order valence-electron chi connectivity index (χ2n) is 4.20. The van der Waals surface area contributed by atoms with Gasteiger partial charge in [-0.3, -0.25) is 0 Å². The molecule has 0 aliphatic rings. The molecule has 92 valence electrons. The average Bonchev–Trinajstić information content (AvgIpc) is 2.73. The van der Waals surface area contributed by atoms with E-state index in [1.54, 1.807) is 0 Å². The van der Waals surface area contributed by atoms with E-state index in [1.165, 1.54) is 0 Å². The molecule has 0 atom stereocenters. The van der Waals surface area contributed by atoms with Crippen LogP contribution >= 0.6 is 0 Å². The molecule has 0 aliphatic heterocycles. The second-order valence-corrected chi connectivity index (χ2v) is 4.20. The van der Waals surface area contributed by atoms with Crippen LogP contribution in [0.5, 0.6) is 0 Å². The molecule has 0 fully saturated rings. The zero-order chi connectivity index (χ0) is 13.0. The van der Waals surface area contributed by atoms with E-state index in [9.17, 15) is 0 Å². The van der Waals surface area contributed by atoms with Crippen molar-refractivity contribution in [3.8, 4) is 0 Å². The Morgan fingerprint density at radius 1 is 1.33 bits per heavy atom. The van der Waals surface area contributed by atoms with E-state index >= 15 is 0 Å². The molecule has 1 heterocycles. The van der Waals surface area contributed by atoms with Gasteiger partial charge in [0.1, 0.15) is 5.82 Å². The van der Waals surface area contributed by atoms with E-state index in [-0.39, 0.29) is 0 Å². The summed E-state index contributed by atoms with van der Waals surface area (Å²) in [6.07, 6.45) is 9.19. The highest BCUT2D eigenvalue weighted by molar-refractivity contribution is 5.81. The van der Waals surface area contributed by atoms with E-state index in [4.69, 9.17) is 0 Å². The third kappa shape index (κ3) is 2.43. The van der Waals surface area contributed by atoms with Gasteiger partial charge in [0, 0.05) is 12.6 Å². The second kappa shape index (κ2) is 5.50. The maximum atomic E-state index is 4.60. The minimum absolute atomic E-state index is 0.914. The normalized spacial score (nSPS) is 11.9.